The van der Waals surface area contributed by atoms with Crippen molar-refractivity contribution in [1.82, 2.24) is 14.7 Å². The molecule has 1 aromatic heterocycles. The zero-order valence-corrected chi connectivity index (χ0v) is 13.8. The first-order valence-corrected chi connectivity index (χ1v) is 8.90. The highest BCUT2D eigenvalue weighted by Crippen LogP contribution is 2.32. The lowest BCUT2D eigenvalue weighted by molar-refractivity contribution is -0.128. The van der Waals surface area contributed by atoms with Gasteiger partial charge >= 0.3 is 0 Å². The van der Waals surface area contributed by atoms with E-state index in [4.69, 9.17) is 4.74 Å². The fourth-order valence-electron chi connectivity index (χ4n) is 3.51. The lowest BCUT2D eigenvalue weighted by Gasteiger charge is -2.15. The van der Waals surface area contributed by atoms with E-state index < -0.39 is 0 Å². The van der Waals surface area contributed by atoms with Crippen molar-refractivity contribution >= 4 is 17.5 Å². The zero-order chi connectivity index (χ0) is 16.5. The summed E-state index contributed by atoms with van der Waals surface area (Å²) < 4.78 is 7.41. The molecule has 0 radical (unpaired) electrons. The molecular weight excluding hydrogens is 308 g/mol. The third-order valence-corrected chi connectivity index (χ3v) is 5.08. The van der Waals surface area contributed by atoms with Gasteiger partial charge in [0.2, 0.25) is 11.8 Å². The van der Waals surface area contributed by atoms with E-state index in [0.29, 0.717) is 31.1 Å². The smallest absolute Gasteiger partial charge is 0.229 e. The van der Waals surface area contributed by atoms with Crippen LogP contribution in [0.5, 0.6) is 0 Å². The number of carbonyl (C=O) groups excluding carboxylic acids is 2. The molecular formula is C17H24N4O3. The number of anilines is 1. The molecule has 3 fully saturated rings. The molecule has 7 nitrogen and oxygen atoms in total. The molecule has 1 N–H and O–H groups in total. The fourth-order valence-corrected chi connectivity index (χ4v) is 3.51. The second-order valence-corrected chi connectivity index (χ2v) is 7.22. The minimum atomic E-state index is -0.252. The molecule has 0 spiro atoms. The molecule has 2 saturated heterocycles. The molecule has 1 aromatic rings. The molecule has 24 heavy (non-hydrogen) atoms. The number of rotatable bonds is 6. The van der Waals surface area contributed by atoms with Gasteiger partial charge in [-0.05, 0) is 31.6 Å². The van der Waals surface area contributed by atoms with E-state index in [-0.39, 0.29) is 23.8 Å². The van der Waals surface area contributed by atoms with Gasteiger partial charge in [0.1, 0.15) is 0 Å². The molecule has 0 aromatic carbocycles. The molecule has 1 saturated carbocycles. The molecule has 0 bridgehead atoms. The van der Waals surface area contributed by atoms with Crippen molar-refractivity contribution in [2.24, 2.45) is 11.8 Å². The molecule has 3 heterocycles. The highest BCUT2D eigenvalue weighted by molar-refractivity contribution is 5.97. The van der Waals surface area contributed by atoms with Crippen LogP contribution in [0.3, 0.4) is 0 Å². The molecule has 0 unspecified atom stereocenters. The summed E-state index contributed by atoms with van der Waals surface area (Å²) in [6.07, 6.45) is 8.61. The van der Waals surface area contributed by atoms with Crippen molar-refractivity contribution in [3.8, 4) is 0 Å². The Morgan fingerprint density at radius 1 is 1.33 bits per heavy atom. The number of ether oxygens (including phenoxy) is 1. The average molecular weight is 332 g/mol. The normalized spacial score (nSPS) is 27.0. The highest BCUT2D eigenvalue weighted by Gasteiger charge is 2.37. The summed E-state index contributed by atoms with van der Waals surface area (Å²) in [4.78, 5) is 26.3. The van der Waals surface area contributed by atoms with Crippen LogP contribution in [0.25, 0.3) is 0 Å². The molecule has 2 aliphatic heterocycles. The third kappa shape index (κ3) is 3.61. The molecule has 4 rings (SSSR count). The number of aromatic nitrogens is 2. The standard InChI is InChI=1S/C17H24N4O3/c22-16-6-13(9-20(16)8-12-3-4-12)17(23)19-14-7-18-21(10-14)11-15-2-1-5-24-15/h7,10,12-13,15H,1-6,8-9,11H2,(H,19,23)/t13-,15-/m0/s1. The Morgan fingerprint density at radius 3 is 2.96 bits per heavy atom. The number of hydrogen-bond donors (Lipinski definition) is 1. The molecule has 2 amide bonds. The average Bonchev–Trinajstić information content (AvgIpc) is 2.93. The van der Waals surface area contributed by atoms with Gasteiger partial charge in [0.05, 0.1) is 30.5 Å². The number of amides is 2. The van der Waals surface area contributed by atoms with Crippen LogP contribution in [-0.4, -0.2) is 52.3 Å². The van der Waals surface area contributed by atoms with E-state index in [2.05, 4.69) is 10.4 Å². The van der Waals surface area contributed by atoms with Crippen LogP contribution in [0.15, 0.2) is 12.4 Å². The van der Waals surface area contributed by atoms with Crippen LogP contribution in [0.4, 0.5) is 5.69 Å². The Bertz CT molecular complexity index is 619. The van der Waals surface area contributed by atoms with E-state index in [1.807, 2.05) is 15.8 Å². The van der Waals surface area contributed by atoms with Gasteiger partial charge in [0.15, 0.2) is 0 Å². The van der Waals surface area contributed by atoms with E-state index >= 15 is 0 Å². The maximum absolute atomic E-state index is 12.4. The van der Waals surface area contributed by atoms with Crippen molar-refractivity contribution in [1.29, 1.82) is 0 Å². The summed E-state index contributed by atoms with van der Waals surface area (Å²) >= 11 is 0. The molecule has 7 heteroatoms. The number of nitrogens with one attached hydrogen (secondary N) is 1. The Labute approximate surface area is 141 Å². The first-order valence-electron chi connectivity index (χ1n) is 8.90. The van der Waals surface area contributed by atoms with Gasteiger partial charge in [-0.25, -0.2) is 0 Å². The third-order valence-electron chi connectivity index (χ3n) is 5.08. The summed E-state index contributed by atoms with van der Waals surface area (Å²) in [7, 11) is 0. The molecule has 1 aliphatic carbocycles. The monoisotopic (exact) mass is 332 g/mol. The van der Waals surface area contributed by atoms with Crippen LogP contribution in [0.1, 0.15) is 32.1 Å². The maximum Gasteiger partial charge on any atom is 0.229 e. The minimum absolute atomic E-state index is 0.0849. The summed E-state index contributed by atoms with van der Waals surface area (Å²) in [6.45, 7) is 2.91. The van der Waals surface area contributed by atoms with Crippen LogP contribution in [0.2, 0.25) is 0 Å². The maximum atomic E-state index is 12.4. The number of likely N-dealkylation sites (tertiary alicyclic amines) is 1. The number of hydrogen-bond acceptors (Lipinski definition) is 4. The second-order valence-electron chi connectivity index (χ2n) is 7.22. The molecule has 3 aliphatic rings. The predicted octanol–water partition coefficient (Wildman–Crippen LogP) is 1.26. The predicted molar refractivity (Wildman–Crippen MR) is 87.2 cm³/mol. The first-order chi connectivity index (χ1) is 11.7. The van der Waals surface area contributed by atoms with E-state index in [0.717, 1.165) is 26.0 Å². The van der Waals surface area contributed by atoms with Gasteiger partial charge in [0, 0.05) is 32.3 Å². The summed E-state index contributed by atoms with van der Waals surface area (Å²) in [5, 5.41) is 7.18. The lowest BCUT2D eigenvalue weighted by atomic mass is 10.1. The Hall–Kier alpha value is -1.89. The van der Waals surface area contributed by atoms with Gasteiger partial charge in [-0.3, -0.25) is 14.3 Å². The quantitative estimate of drug-likeness (QED) is 0.851. The van der Waals surface area contributed by atoms with Gasteiger partial charge < -0.3 is 15.0 Å². The van der Waals surface area contributed by atoms with Crippen molar-refractivity contribution in [3.63, 3.8) is 0 Å². The van der Waals surface area contributed by atoms with Crippen LogP contribution >= 0.6 is 0 Å². The van der Waals surface area contributed by atoms with Gasteiger partial charge in [0.25, 0.3) is 0 Å². The largest absolute Gasteiger partial charge is 0.376 e. The minimum Gasteiger partial charge on any atom is -0.376 e. The van der Waals surface area contributed by atoms with E-state index in [1.165, 1.54) is 12.8 Å². The first kappa shape index (κ1) is 15.6. The Balaban J connectivity index is 1.29. The van der Waals surface area contributed by atoms with Crippen LogP contribution in [-0.2, 0) is 20.9 Å². The van der Waals surface area contributed by atoms with E-state index in [9.17, 15) is 9.59 Å². The zero-order valence-electron chi connectivity index (χ0n) is 13.8. The molecule has 2 atom stereocenters. The topological polar surface area (TPSA) is 76.5 Å². The summed E-state index contributed by atoms with van der Waals surface area (Å²) in [5.74, 6) is 0.430. The summed E-state index contributed by atoms with van der Waals surface area (Å²) in [5.41, 5.74) is 0.686. The van der Waals surface area contributed by atoms with Gasteiger partial charge in [-0.15, -0.1) is 0 Å². The summed E-state index contributed by atoms with van der Waals surface area (Å²) in [6, 6.07) is 0. The molecule has 130 valence electrons. The SMILES string of the molecule is O=C(Nc1cnn(C[C@@H]2CCCO2)c1)[C@H]1CC(=O)N(CC2CC2)C1. The lowest BCUT2D eigenvalue weighted by Crippen LogP contribution is -2.29. The van der Waals surface area contributed by atoms with Gasteiger partial charge in [-0.2, -0.15) is 5.10 Å². The Morgan fingerprint density at radius 2 is 2.21 bits per heavy atom. The van der Waals surface area contributed by atoms with Crippen molar-refractivity contribution < 1.29 is 14.3 Å². The van der Waals surface area contributed by atoms with Crippen molar-refractivity contribution in [3.05, 3.63) is 12.4 Å². The van der Waals surface area contributed by atoms with Crippen LogP contribution in [0, 0.1) is 11.8 Å². The second kappa shape index (κ2) is 6.55. The fraction of sp³-hybridized carbons (Fsp3) is 0.706. The number of nitrogens with zero attached hydrogens (tertiary/aromatic N) is 3. The van der Waals surface area contributed by atoms with E-state index in [1.54, 1.807) is 6.20 Å². The van der Waals surface area contributed by atoms with Gasteiger partial charge in [-0.1, -0.05) is 0 Å². The Kier molecular flexibility index (Phi) is 4.26. The van der Waals surface area contributed by atoms with Crippen molar-refractivity contribution in [2.45, 2.75) is 44.8 Å². The van der Waals surface area contributed by atoms with Crippen molar-refractivity contribution in [2.75, 3.05) is 25.0 Å². The number of carbonyl (C=O) groups is 2. The van der Waals surface area contributed by atoms with Crippen LogP contribution < -0.4 is 5.32 Å². The highest BCUT2D eigenvalue weighted by atomic mass is 16.5.